The van der Waals surface area contributed by atoms with Crippen molar-refractivity contribution in [2.24, 2.45) is 0 Å². The summed E-state index contributed by atoms with van der Waals surface area (Å²) in [4.78, 5) is 10.4. The van der Waals surface area contributed by atoms with Gasteiger partial charge < -0.3 is 0 Å². The van der Waals surface area contributed by atoms with E-state index in [1.54, 1.807) is 0 Å². The van der Waals surface area contributed by atoms with Crippen molar-refractivity contribution in [1.29, 1.82) is 0 Å². The average Bonchev–Trinajstić information content (AvgIpc) is 2.13. The van der Waals surface area contributed by atoms with Crippen LogP contribution in [-0.2, 0) is 4.79 Å². The molecule has 0 bridgehead atoms. The number of hydrogen-bond donors (Lipinski definition) is 0. The highest BCUT2D eigenvalue weighted by Crippen LogP contribution is 2.42. The first-order chi connectivity index (χ1) is 6.00. The lowest BCUT2D eigenvalue weighted by Crippen LogP contribution is -1.88. The van der Waals surface area contributed by atoms with Crippen LogP contribution >= 0.6 is 58.0 Å². The third-order valence-electron chi connectivity index (χ3n) is 1.31. The van der Waals surface area contributed by atoms with E-state index in [4.69, 9.17) is 58.0 Å². The molecule has 69 valence electrons. The Labute approximate surface area is 99.5 Å². The lowest BCUT2D eigenvalue weighted by molar-refractivity contribution is 0.563. The monoisotopic (exact) mass is 275 g/mol. The van der Waals surface area contributed by atoms with Gasteiger partial charge in [0.15, 0.2) is 0 Å². The lowest BCUT2D eigenvalue weighted by atomic mass is 10.2. The second-order valence-corrected chi connectivity index (χ2v) is 3.94. The van der Waals surface area contributed by atoms with Crippen LogP contribution in [0.3, 0.4) is 0 Å². The summed E-state index contributed by atoms with van der Waals surface area (Å²) < 4.78 is 0. The van der Waals surface area contributed by atoms with Crippen LogP contribution in [-0.4, -0.2) is 6.29 Å². The number of carbonyl (C=O) groups excluding carboxylic acids is 1. The lowest BCUT2D eigenvalue weighted by Gasteiger charge is -2.06. The van der Waals surface area contributed by atoms with E-state index in [1.165, 1.54) is 6.29 Å². The van der Waals surface area contributed by atoms with Crippen LogP contribution in [0, 0.1) is 0 Å². The molecule has 0 fully saturated rings. The third kappa shape index (κ3) is 1.90. The molecular formula is C7Cl5O. The molecule has 0 saturated carbocycles. The third-order valence-corrected chi connectivity index (χ3v) is 3.59. The van der Waals surface area contributed by atoms with Gasteiger partial charge in [-0.2, -0.15) is 0 Å². The molecule has 0 atom stereocenters. The fourth-order valence-electron chi connectivity index (χ4n) is 0.695. The van der Waals surface area contributed by atoms with E-state index < -0.39 is 0 Å². The van der Waals surface area contributed by atoms with E-state index in [9.17, 15) is 4.79 Å². The fourth-order valence-corrected chi connectivity index (χ4v) is 1.91. The molecule has 0 spiro atoms. The van der Waals surface area contributed by atoms with Crippen LogP contribution in [0.5, 0.6) is 0 Å². The minimum absolute atomic E-state index is 0.00363. The van der Waals surface area contributed by atoms with Crippen LogP contribution in [0.2, 0.25) is 25.1 Å². The standard InChI is InChI=1S/C7Cl5O/c8-3-2(1-13)4(9)6(11)7(12)5(3)10. The van der Waals surface area contributed by atoms with Crippen LogP contribution in [0.4, 0.5) is 0 Å². The minimum Gasteiger partial charge on any atom is -0.285 e. The molecule has 1 aromatic carbocycles. The van der Waals surface area contributed by atoms with Gasteiger partial charge in [-0.25, -0.2) is 0 Å². The Balaban J connectivity index is 3.66. The van der Waals surface area contributed by atoms with Crippen molar-refractivity contribution in [3.8, 4) is 0 Å². The number of halogens is 5. The second kappa shape index (κ2) is 4.24. The first-order valence-corrected chi connectivity index (χ1v) is 4.79. The van der Waals surface area contributed by atoms with Crippen molar-refractivity contribution in [2.45, 2.75) is 0 Å². The molecule has 1 aromatic rings. The Kier molecular flexibility index (Phi) is 3.73. The fraction of sp³-hybridized carbons (Fsp3) is 0. The van der Waals surface area contributed by atoms with Crippen molar-refractivity contribution in [1.82, 2.24) is 0 Å². The maximum atomic E-state index is 10.4. The Hall–Kier alpha value is 0.340. The van der Waals surface area contributed by atoms with Gasteiger partial charge in [0, 0.05) is 0 Å². The summed E-state index contributed by atoms with van der Waals surface area (Å²) in [5, 5.41) is -0.0726. The highest BCUT2D eigenvalue weighted by atomic mass is 35.5. The topological polar surface area (TPSA) is 17.1 Å². The summed E-state index contributed by atoms with van der Waals surface area (Å²) in [6.45, 7) is 0. The van der Waals surface area contributed by atoms with Crippen LogP contribution < -0.4 is 0 Å². The zero-order chi connectivity index (χ0) is 10.2. The number of rotatable bonds is 1. The Morgan fingerprint density at radius 3 is 1.31 bits per heavy atom. The maximum Gasteiger partial charge on any atom is 0.236 e. The van der Waals surface area contributed by atoms with Crippen LogP contribution in [0.1, 0.15) is 5.56 Å². The average molecular weight is 277 g/mol. The molecule has 0 heterocycles. The molecule has 0 aliphatic carbocycles. The molecule has 0 aromatic heterocycles. The SMILES string of the molecule is O=[C]c1c(Cl)c(Cl)c(Cl)c(Cl)c1Cl. The van der Waals surface area contributed by atoms with Gasteiger partial charge in [-0.1, -0.05) is 58.0 Å². The first-order valence-electron chi connectivity index (χ1n) is 2.90. The van der Waals surface area contributed by atoms with E-state index in [-0.39, 0.29) is 30.7 Å². The van der Waals surface area contributed by atoms with E-state index in [2.05, 4.69) is 0 Å². The van der Waals surface area contributed by atoms with Crippen molar-refractivity contribution in [3.63, 3.8) is 0 Å². The first kappa shape index (κ1) is 11.4. The molecule has 1 nitrogen and oxygen atoms in total. The largest absolute Gasteiger partial charge is 0.285 e. The van der Waals surface area contributed by atoms with Gasteiger partial charge in [-0.3, -0.25) is 4.79 Å². The van der Waals surface area contributed by atoms with E-state index >= 15 is 0 Å². The molecular weight excluding hydrogens is 277 g/mol. The second-order valence-electron chi connectivity index (χ2n) is 2.05. The van der Waals surface area contributed by atoms with Gasteiger partial charge in [0.25, 0.3) is 0 Å². The van der Waals surface area contributed by atoms with Crippen molar-refractivity contribution < 1.29 is 4.79 Å². The Morgan fingerprint density at radius 1 is 0.692 bits per heavy atom. The van der Waals surface area contributed by atoms with Crippen molar-refractivity contribution in [2.75, 3.05) is 0 Å². The van der Waals surface area contributed by atoms with Crippen LogP contribution in [0.25, 0.3) is 0 Å². The maximum absolute atomic E-state index is 10.4. The predicted molar refractivity (Wildman–Crippen MR) is 56.3 cm³/mol. The summed E-state index contributed by atoms with van der Waals surface area (Å²) >= 11 is 28.3. The Bertz CT molecular complexity index is 345. The Morgan fingerprint density at radius 2 is 1.00 bits per heavy atom. The highest BCUT2D eigenvalue weighted by molar-refractivity contribution is 6.56. The normalized spacial score (nSPS) is 10.2. The van der Waals surface area contributed by atoms with Crippen molar-refractivity contribution in [3.05, 3.63) is 30.7 Å². The number of hydrogen-bond acceptors (Lipinski definition) is 1. The molecule has 1 rings (SSSR count). The van der Waals surface area contributed by atoms with Gasteiger partial charge in [-0.15, -0.1) is 0 Å². The zero-order valence-corrected chi connectivity index (χ0v) is 9.58. The van der Waals surface area contributed by atoms with Gasteiger partial charge in [-0.05, 0) is 0 Å². The molecule has 0 saturated heterocycles. The summed E-state index contributed by atoms with van der Waals surface area (Å²) in [5.41, 5.74) is -0.0808. The number of benzene rings is 1. The van der Waals surface area contributed by atoms with Crippen LogP contribution in [0.15, 0.2) is 0 Å². The molecule has 1 radical (unpaired) electrons. The summed E-state index contributed by atoms with van der Waals surface area (Å²) in [6, 6.07) is 0. The predicted octanol–water partition coefficient (Wildman–Crippen LogP) is 4.41. The van der Waals surface area contributed by atoms with E-state index in [0.717, 1.165) is 0 Å². The molecule has 6 heteroatoms. The van der Waals surface area contributed by atoms with Gasteiger partial charge in [0.2, 0.25) is 6.29 Å². The molecule has 0 aliphatic heterocycles. The summed E-state index contributed by atoms with van der Waals surface area (Å²) in [6.07, 6.45) is 1.53. The van der Waals surface area contributed by atoms with Gasteiger partial charge in [0.1, 0.15) is 0 Å². The van der Waals surface area contributed by atoms with Gasteiger partial charge in [0.05, 0.1) is 30.7 Å². The van der Waals surface area contributed by atoms with E-state index in [1.807, 2.05) is 0 Å². The molecule has 13 heavy (non-hydrogen) atoms. The van der Waals surface area contributed by atoms with E-state index in [0.29, 0.717) is 0 Å². The smallest absolute Gasteiger partial charge is 0.236 e. The summed E-state index contributed by atoms with van der Waals surface area (Å²) in [7, 11) is 0. The van der Waals surface area contributed by atoms with Crippen molar-refractivity contribution >= 4 is 64.3 Å². The minimum atomic E-state index is -0.0808. The van der Waals surface area contributed by atoms with Gasteiger partial charge >= 0.3 is 0 Å². The zero-order valence-electron chi connectivity index (χ0n) is 5.80. The highest BCUT2D eigenvalue weighted by Gasteiger charge is 2.18. The quantitative estimate of drug-likeness (QED) is 0.549. The molecule has 0 aliphatic rings. The summed E-state index contributed by atoms with van der Waals surface area (Å²) in [5.74, 6) is 0. The molecule has 0 N–H and O–H groups in total. The molecule has 0 unspecified atom stereocenters. The molecule has 0 amide bonds.